The molecule has 0 saturated heterocycles. The average molecular weight is 310 g/mol. The summed E-state index contributed by atoms with van der Waals surface area (Å²) in [6.07, 6.45) is 0.987. The zero-order valence-electron chi connectivity index (χ0n) is 11.7. The van der Waals surface area contributed by atoms with Crippen LogP contribution >= 0.6 is 0 Å². The fourth-order valence-electron chi connectivity index (χ4n) is 2.24. The molecule has 0 amide bonds. The molecule has 8 heteroatoms. The molecular weight excluding hydrogens is 300 g/mol. The van der Waals surface area contributed by atoms with Crippen molar-refractivity contribution in [3.05, 3.63) is 75.0 Å². The van der Waals surface area contributed by atoms with Crippen molar-refractivity contribution in [2.75, 3.05) is 5.32 Å². The molecule has 0 fully saturated rings. The maximum atomic E-state index is 11.2. The van der Waals surface area contributed by atoms with Crippen LogP contribution in [0.2, 0.25) is 0 Å². The van der Waals surface area contributed by atoms with Gasteiger partial charge in [0.15, 0.2) is 0 Å². The SMILES string of the molecule is O=[N+]([O-])c1cnc(Nc2cccc3ccccc23)c([N+](=O)[O-])c1. The van der Waals surface area contributed by atoms with Gasteiger partial charge in [0.25, 0.3) is 5.69 Å². The smallest absolute Gasteiger partial charge is 0.318 e. The van der Waals surface area contributed by atoms with Gasteiger partial charge in [0, 0.05) is 11.1 Å². The second kappa shape index (κ2) is 5.68. The molecule has 8 nitrogen and oxygen atoms in total. The van der Waals surface area contributed by atoms with Crippen LogP contribution in [0.5, 0.6) is 0 Å². The summed E-state index contributed by atoms with van der Waals surface area (Å²) >= 11 is 0. The molecule has 0 aliphatic heterocycles. The van der Waals surface area contributed by atoms with E-state index in [9.17, 15) is 20.2 Å². The van der Waals surface area contributed by atoms with Crippen LogP contribution in [0.3, 0.4) is 0 Å². The fraction of sp³-hybridized carbons (Fsp3) is 0. The Morgan fingerprint density at radius 1 is 0.957 bits per heavy atom. The third-order valence-electron chi connectivity index (χ3n) is 3.30. The molecular formula is C15H10N4O4. The van der Waals surface area contributed by atoms with E-state index in [0.29, 0.717) is 5.69 Å². The number of fused-ring (bicyclic) bond motifs is 1. The van der Waals surface area contributed by atoms with Crippen molar-refractivity contribution in [2.45, 2.75) is 0 Å². The zero-order chi connectivity index (χ0) is 16.4. The predicted octanol–water partition coefficient (Wildman–Crippen LogP) is 3.79. The van der Waals surface area contributed by atoms with Gasteiger partial charge in [-0.05, 0) is 11.5 Å². The third kappa shape index (κ3) is 2.77. The van der Waals surface area contributed by atoms with Gasteiger partial charge in [-0.3, -0.25) is 20.2 Å². The number of hydrogen-bond donors (Lipinski definition) is 1. The lowest BCUT2D eigenvalue weighted by Crippen LogP contribution is -2.01. The first-order valence-electron chi connectivity index (χ1n) is 6.60. The predicted molar refractivity (Wildman–Crippen MR) is 84.8 cm³/mol. The largest absolute Gasteiger partial charge is 0.334 e. The lowest BCUT2D eigenvalue weighted by molar-refractivity contribution is -0.394. The van der Waals surface area contributed by atoms with E-state index in [1.165, 1.54) is 0 Å². The summed E-state index contributed by atoms with van der Waals surface area (Å²) in [5.41, 5.74) is -0.250. The summed E-state index contributed by atoms with van der Waals surface area (Å²) in [6.45, 7) is 0. The minimum atomic E-state index is -0.721. The molecule has 0 unspecified atom stereocenters. The van der Waals surface area contributed by atoms with Gasteiger partial charge in [-0.2, -0.15) is 0 Å². The number of nitro groups is 2. The second-order valence-electron chi connectivity index (χ2n) is 4.73. The van der Waals surface area contributed by atoms with Crippen molar-refractivity contribution in [3.8, 4) is 0 Å². The molecule has 0 saturated carbocycles. The highest BCUT2D eigenvalue weighted by atomic mass is 16.6. The van der Waals surface area contributed by atoms with Crippen molar-refractivity contribution in [2.24, 2.45) is 0 Å². The van der Waals surface area contributed by atoms with Gasteiger partial charge in [-0.15, -0.1) is 0 Å². The molecule has 0 spiro atoms. The van der Waals surface area contributed by atoms with Crippen LogP contribution in [0.25, 0.3) is 10.8 Å². The summed E-state index contributed by atoms with van der Waals surface area (Å²) < 4.78 is 0. The minimum absolute atomic E-state index is 0.0445. The van der Waals surface area contributed by atoms with Crippen LogP contribution in [0.4, 0.5) is 22.9 Å². The molecule has 1 aromatic heterocycles. The van der Waals surface area contributed by atoms with Gasteiger partial charge in [0.05, 0.1) is 15.9 Å². The van der Waals surface area contributed by atoms with Crippen LogP contribution in [0.1, 0.15) is 0 Å². The molecule has 1 N–H and O–H groups in total. The summed E-state index contributed by atoms with van der Waals surface area (Å²) in [7, 11) is 0. The molecule has 0 bridgehead atoms. The fourth-order valence-corrected chi connectivity index (χ4v) is 2.24. The van der Waals surface area contributed by atoms with E-state index in [2.05, 4.69) is 10.3 Å². The Bertz CT molecular complexity index is 921. The summed E-state index contributed by atoms with van der Waals surface area (Å²) in [6, 6.07) is 13.9. The van der Waals surface area contributed by atoms with E-state index >= 15 is 0 Å². The van der Waals surface area contributed by atoms with Gasteiger partial charge < -0.3 is 5.32 Å². The van der Waals surface area contributed by atoms with E-state index in [-0.39, 0.29) is 5.82 Å². The molecule has 0 radical (unpaired) electrons. The Morgan fingerprint density at radius 2 is 1.70 bits per heavy atom. The first-order valence-corrected chi connectivity index (χ1v) is 6.60. The Morgan fingerprint density at radius 3 is 2.43 bits per heavy atom. The molecule has 23 heavy (non-hydrogen) atoms. The molecule has 0 aliphatic carbocycles. The van der Waals surface area contributed by atoms with Crippen molar-refractivity contribution < 1.29 is 9.85 Å². The van der Waals surface area contributed by atoms with Gasteiger partial charge in [0.1, 0.15) is 6.20 Å². The van der Waals surface area contributed by atoms with E-state index in [1.807, 2.05) is 36.4 Å². The highest BCUT2D eigenvalue weighted by Crippen LogP contribution is 2.31. The number of anilines is 2. The monoisotopic (exact) mass is 310 g/mol. The normalized spacial score (nSPS) is 10.4. The van der Waals surface area contributed by atoms with Gasteiger partial charge in [-0.25, -0.2) is 4.98 Å². The lowest BCUT2D eigenvalue weighted by atomic mass is 10.1. The van der Waals surface area contributed by atoms with Crippen LogP contribution in [0.15, 0.2) is 54.7 Å². The molecule has 1 heterocycles. The maximum Gasteiger partial charge on any atom is 0.318 e. The van der Waals surface area contributed by atoms with Crippen molar-refractivity contribution >= 4 is 33.7 Å². The number of rotatable bonds is 4. The Balaban J connectivity index is 2.08. The van der Waals surface area contributed by atoms with E-state index in [0.717, 1.165) is 23.0 Å². The van der Waals surface area contributed by atoms with Crippen LogP contribution in [-0.4, -0.2) is 14.8 Å². The molecule has 114 valence electrons. The van der Waals surface area contributed by atoms with Gasteiger partial charge in [-0.1, -0.05) is 36.4 Å². The average Bonchev–Trinajstić information content (AvgIpc) is 2.55. The molecule has 3 aromatic rings. The second-order valence-corrected chi connectivity index (χ2v) is 4.73. The number of nitrogens with zero attached hydrogens (tertiary/aromatic N) is 3. The van der Waals surface area contributed by atoms with Gasteiger partial charge >= 0.3 is 5.69 Å². The number of aromatic nitrogens is 1. The first kappa shape index (κ1) is 14.4. The lowest BCUT2D eigenvalue weighted by Gasteiger charge is -2.09. The molecule has 3 rings (SSSR count). The van der Waals surface area contributed by atoms with Crippen molar-refractivity contribution in [1.29, 1.82) is 0 Å². The standard InChI is InChI=1S/C15H10N4O4/c20-18(21)11-8-14(19(22)23)15(16-9-11)17-13-7-3-5-10-4-1-2-6-12(10)13/h1-9H,(H,16,17). The Labute approximate surface area is 129 Å². The van der Waals surface area contributed by atoms with Crippen LogP contribution in [0, 0.1) is 20.2 Å². The molecule has 2 aromatic carbocycles. The Kier molecular flexibility index (Phi) is 3.55. The highest BCUT2D eigenvalue weighted by Gasteiger charge is 2.21. The van der Waals surface area contributed by atoms with E-state index < -0.39 is 21.2 Å². The Hall–Kier alpha value is -3.55. The van der Waals surface area contributed by atoms with Crippen LogP contribution < -0.4 is 5.32 Å². The summed E-state index contributed by atoms with van der Waals surface area (Å²) in [4.78, 5) is 24.3. The molecule has 0 atom stereocenters. The van der Waals surface area contributed by atoms with E-state index in [4.69, 9.17) is 0 Å². The zero-order valence-corrected chi connectivity index (χ0v) is 11.7. The molecule has 0 aliphatic rings. The van der Waals surface area contributed by atoms with Crippen molar-refractivity contribution in [1.82, 2.24) is 4.98 Å². The number of nitrogens with one attached hydrogen (secondary N) is 1. The summed E-state index contributed by atoms with van der Waals surface area (Å²) in [5.74, 6) is -0.0445. The van der Waals surface area contributed by atoms with Gasteiger partial charge in [0.2, 0.25) is 5.82 Å². The number of benzene rings is 2. The minimum Gasteiger partial charge on any atom is -0.334 e. The maximum absolute atomic E-state index is 11.2. The number of hydrogen-bond acceptors (Lipinski definition) is 6. The van der Waals surface area contributed by atoms with Crippen LogP contribution in [-0.2, 0) is 0 Å². The third-order valence-corrected chi connectivity index (χ3v) is 3.30. The highest BCUT2D eigenvalue weighted by molar-refractivity contribution is 5.95. The van der Waals surface area contributed by atoms with E-state index in [1.54, 1.807) is 6.07 Å². The first-order chi connectivity index (χ1) is 11.1. The quantitative estimate of drug-likeness (QED) is 0.579. The van der Waals surface area contributed by atoms with Crippen molar-refractivity contribution in [3.63, 3.8) is 0 Å². The topological polar surface area (TPSA) is 111 Å². The summed E-state index contributed by atoms with van der Waals surface area (Å²) in [5, 5.41) is 26.6. The number of pyridine rings is 1.